The molecule has 0 bridgehead atoms. The Labute approximate surface area is 117 Å². The van der Waals surface area contributed by atoms with E-state index in [0.717, 1.165) is 16.3 Å². The number of carboxylic acid groups (broad SMARTS) is 1. The molecule has 2 aromatic carbocycles. The second-order valence-electron chi connectivity index (χ2n) is 4.53. The second-order valence-corrected chi connectivity index (χ2v) is 4.53. The molecule has 4 heteroatoms. The highest BCUT2D eigenvalue weighted by Gasteiger charge is 2.27. The summed E-state index contributed by atoms with van der Waals surface area (Å²) < 4.78 is 4.81. The quantitative estimate of drug-likeness (QED) is 0.671. The van der Waals surface area contributed by atoms with Crippen LogP contribution in [0, 0.1) is 5.92 Å². The summed E-state index contributed by atoms with van der Waals surface area (Å²) in [6.07, 6.45) is 0.138. The maximum absolute atomic E-state index is 11.6. The van der Waals surface area contributed by atoms with Crippen LogP contribution in [0.2, 0.25) is 0 Å². The Morgan fingerprint density at radius 2 is 1.85 bits per heavy atom. The fourth-order valence-electron chi connectivity index (χ4n) is 2.12. The Morgan fingerprint density at radius 1 is 1.15 bits per heavy atom. The maximum atomic E-state index is 11.6. The van der Waals surface area contributed by atoms with Crippen LogP contribution in [0.25, 0.3) is 10.8 Å². The third-order valence-corrected chi connectivity index (χ3v) is 3.12. The number of rotatable bonds is 5. The van der Waals surface area contributed by atoms with Crippen molar-refractivity contribution in [2.45, 2.75) is 13.3 Å². The van der Waals surface area contributed by atoms with Crippen molar-refractivity contribution in [3.63, 3.8) is 0 Å². The third kappa shape index (κ3) is 3.15. The largest absolute Gasteiger partial charge is 0.481 e. The molecular formula is C16H16O4. The van der Waals surface area contributed by atoms with Crippen LogP contribution in [0.5, 0.6) is 0 Å². The molecule has 0 heterocycles. The predicted octanol–water partition coefficient (Wildman–Crippen LogP) is 2.65. The molecule has 0 amide bonds. The van der Waals surface area contributed by atoms with Crippen molar-refractivity contribution < 1.29 is 19.4 Å². The lowest BCUT2D eigenvalue weighted by atomic mass is 9.97. The van der Waals surface area contributed by atoms with E-state index in [0.29, 0.717) is 0 Å². The van der Waals surface area contributed by atoms with E-state index in [-0.39, 0.29) is 13.0 Å². The zero-order valence-electron chi connectivity index (χ0n) is 11.2. The van der Waals surface area contributed by atoms with E-state index in [1.54, 1.807) is 6.92 Å². The van der Waals surface area contributed by atoms with Gasteiger partial charge in [-0.1, -0.05) is 42.5 Å². The molecule has 0 saturated carbocycles. The van der Waals surface area contributed by atoms with E-state index in [9.17, 15) is 9.59 Å². The standard InChI is InChI=1S/C16H16O4/c1-2-20-16(19)14(15(17)18)10-11-7-8-12-5-3-4-6-13(12)9-11/h3-9,14H,2,10H2,1H3,(H,17,18)/t14-/m0/s1. The van der Waals surface area contributed by atoms with Gasteiger partial charge in [0.05, 0.1) is 6.61 Å². The van der Waals surface area contributed by atoms with E-state index in [4.69, 9.17) is 9.84 Å². The molecule has 0 aliphatic rings. The second kappa shape index (κ2) is 6.19. The van der Waals surface area contributed by atoms with Crippen molar-refractivity contribution in [3.8, 4) is 0 Å². The minimum absolute atomic E-state index is 0.138. The number of fused-ring (bicyclic) bond motifs is 1. The normalized spacial score (nSPS) is 12.1. The zero-order valence-corrected chi connectivity index (χ0v) is 11.2. The topological polar surface area (TPSA) is 63.6 Å². The van der Waals surface area contributed by atoms with Gasteiger partial charge in [-0.3, -0.25) is 9.59 Å². The number of ether oxygens (including phenoxy) is 1. The number of aliphatic carboxylic acids is 1. The molecule has 104 valence electrons. The predicted molar refractivity (Wildman–Crippen MR) is 75.4 cm³/mol. The highest BCUT2D eigenvalue weighted by atomic mass is 16.5. The molecule has 0 radical (unpaired) electrons. The lowest BCUT2D eigenvalue weighted by Gasteiger charge is -2.11. The molecule has 4 nitrogen and oxygen atoms in total. The van der Waals surface area contributed by atoms with Crippen molar-refractivity contribution in [3.05, 3.63) is 48.0 Å². The number of carboxylic acids is 1. The van der Waals surface area contributed by atoms with E-state index in [1.807, 2.05) is 42.5 Å². The fraction of sp³-hybridized carbons (Fsp3) is 0.250. The van der Waals surface area contributed by atoms with Gasteiger partial charge in [-0.25, -0.2) is 0 Å². The fourth-order valence-corrected chi connectivity index (χ4v) is 2.12. The van der Waals surface area contributed by atoms with Gasteiger partial charge in [0.1, 0.15) is 0 Å². The Balaban J connectivity index is 2.24. The zero-order chi connectivity index (χ0) is 14.5. The summed E-state index contributed by atoms with van der Waals surface area (Å²) in [4.78, 5) is 22.8. The highest BCUT2D eigenvalue weighted by Crippen LogP contribution is 2.18. The van der Waals surface area contributed by atoms with Crippen LogP contribution in [0.4, 0.5) is 0 Å². The van der Waals surface area contributed by atoms with Crippen LogP contribution in [0.1, 0.15) is 12.5 Å². The Morgan fingerprint density at radius 3 is 2.50 bits per heavy atom. The summed E-state index contributed by atoms with van der Waals surface area (Å²) in [6.45, 7) is 1.84. The van der Waals surface area contributed by atoms with E-state index < -0.39 is 17.9 Å². The van der Waals surface area contributed by atoms with Gasteiger partial charge in [0.15, 0.2) is 5.92 Å². The molecule has 0 aromatic heterocycles. The summed E-state index contributed by atoms with van der Waals surface area (Å²) in [5.41, 5.74) is 0.809. The van der Waals surface area contributed by atoms with Crippen LogP contribution >= 0.6 is 0 Å². The first-order valence-electron chi connectivity index (χ1n) is 6.49. The average Bonchev–Trinajstić information content (AvgIpc) is 2.44. The van der Waals surface area contributed by atoms with Crippen molar-refractivity contribution in [1.29, 1.82) is 0 Å². The number of carbonyl (C=O) groups is 2. The van der Waals surface area contributed by atoms with Crippen molar-refractivity contribution >= 4 is 22.7 Å². The SMILES string of the molecule is CCOC(=O)[C@@H](Cc1ccc2ccccc2c1)C(=O)O. The first-order valence-corrected chi connectivity index (χ1v) is 6.49. The van der Waals surface area contributed by atoms with Crippen LogP contribution < -0.4 is 0 Å². The molecule has 0 unspecified atom stereocenters. The van der Waals surface area contributed by atoms with Gasteiger partial charge >= 0.3 is 11.9 Å². The first-order chi connectivity index (χ1) is 9.61. The Kier molecular flexibility index (Phi) is 4.35. The summed E-state index contributed by atoms with van der Waals surface area (Å²) in [5.74, 6) is -3.00. The van der Waals surface area contributed by atoms with Crippen molar-refractivity contribution in [1.82, 2.24) is 0 Å². The number of hydrogen-bond donors (Lipinski definition) is 1. The van der Waals surface area contributed by atoms with Gasteiger partial charge in [0, 0.05) is 0 Å². The number of carbonyl (C=O) groups excluding carboxylic acids is 1. The van der Waals surface area contributed by atoms with Crippen LogP contribution in [-0.4, -0.2) is 23.7 Å². The molecule has 0 aliphatic heterocycles. The number of hydrogen-bond acceptors (Lipinski definition) is 3. The van der Waals surface area contributed by atoms with Crippen LogP contribution in [0.15, 0.2) is 42.5 Å². The molecule has 0 fully saturated rings. The summed E-state index contributed by atoms with van der Waals surface area (Å²) in [6, 6.07) is 13.5. The molecule has 1 N–H and O–H groups in total. The van der Waals surface area contributed by atoms with Gasteiger partial charge in [-0.2, -0.15) is 0 Å². The molecule has 2 rings (SSSR count). The minimum atomic E-state index is -1.16. The van der Waals surface area contributed by atoms with Crippen LogP contribution in [-0.2, 0) is 20.7 Å². The van der Waals surface area contributed by atoms with Crippen molar-refractivity contribution in [2.24, 2.45) is 5.92 Å². The third-order valence-electron chi connectivity index (χ3n) is 3.12. The smallest absolute Gasteiger partial charge is 0.320 e. The van der Waals surface area contributed by atoms with Gasteiger partial charge in [-0.05, 0) is 29.7 Å². The molecule has 1 atom stereocenters. The molecule has 0 spiro atoms. The van der Waals surface area contributed by atoms with Crippen LogP contribution in [0.3, 0.4) is 0 Å². The Hall–Kier alpha value is -2.36. The monoisotopic (exact) mass is 272 g/mol. The number of esters is 1. The van der Waals surface area contributed by atoms with Gasteiger partial charge in [-0.15, -0.1) is 0 Å². The average molecular weight is 272 g/mol. The maximum Gasteiger partial charge on any atom is 0.320 e. The molecule has 20 heavy (non-hydrogen) atoms. The molecule has 0 aliphatic carbocycles. The molecule has 0 saturated heterocycles. The van der Waals surface area contributed by atoms with Gasteiger partial charge in [0.2, 0.25) is 0 Å². The lowest BCUT2D eigenvalue weighted by molar-refractivity contribution is -0.158. The minimum Gasteiger partial charge on any atom is -0.481 e. The van der Waals surface area contributed by atoms with E-state index >= 15 is 0 Å². The highest BCUT2D eigenvalue weighted by molar-refractivity contribution is 5.94. The van der Waals surface area contributed by atoms with Gasteiger partial charge < -0.3 is 9.84 Å². The van der Waals surface area contributed by atoms with E-state index in [1.165, 1.54) is 0 Å². The molecular weight excluding hydrogens is 256 g/mol. The lowest BCUT2D eigenvalue weighted by Crippen LogP contribution is -2.27. The first kappa shape index (κ1) is 14.1. The summed E-state index contributed by atoms with van der Waals surface area (Å²) in [7, 11) is 0. The summed E-state index contributed by atoms with van der Waals surface area (Å²) in [5, 5.41) is 11.3. The van der Waals surface area contributed by atoms with E-state index in [2.05, 4.69) is 0 Å². The Bertz CT molecular complexity index is 633. The summed E-state index contributed by atoms with van der Waals surface area (Å²) >= 11 is 0. The van der Waals surface area contributed by atoms with Gasteiger partial charge in [0.25, 0.3) is 0 Å². The number of benzene rings is 2. The van der Waals surface area contributed by atoms with Crippen molar-refractivity contribution in [2.75, 3.05) is 6.61 Å². The molecule has 2 aromatic rings.